The Morgan fingerprint density at radius 2 is 1.32 bits per heavy atom. The molecular weight excluding hydrogens is 490 g/mol. The molecule has 0 aliphatic heterocycles. The Labute approximate surface area is 232 Å². The summed E-state index contributed by atoms with van der Waals surface area (Å²) in [6.45, 7) is 21.9. The van der Waals surface area contributed by atoms with Crippen LogP contribution in [0.15, 0.2) is 60.7 Å². The van der Waals surface area contributed by atoms with Gasteiger partial charge < -0.3 is 14.3 Å². The summed E-state index contributed by atoms with van der Waals surface area (Å²) < 4.78 is 12.7. The lowest BCUT2D eigenvalue weighted by Gasteiger charge is -2.45. The van der Waals surface area contributed by atoms with Crippen molar-refractivity contribution in [1.82, 2.24) is 4.90 Å². The van der Waals surface area contributed by atoms with E-state index in [0.29, 0.717) is 23.2 Å². The van der Waals surface area contributed by atoms with Crippen molar-refractivity contribution >= 4 is 14.3 Å². The fourth-order valence-electron chi connectivity index (χ4n) is 5.88. The largest absolute Gasteiger partial charge is 0.458 e. The summed E-state index contributed by atoms with van der Waals surface area (Å²) in [6.07, 6.45) is -1.36. The van der Waals surface area contributed by atoms with Crippen LogP contribution in [-0.2, 0) is 20.5 Å². The van der Waals surface area contributed by atoms with E-state index < -0.39 is 32.0 Å². The molecule has 0 amide bonds. The number of carbonyl (C=O) groups excluding carboxylic acids is 1. The van der Waals surface area contributed by atoms with Crippen molar-refractivity contribution in [2.75, 3.05) is 6.61 Å². The Hall–Kier alpha value is -1.99. The maximum Gasteiger partial charge on any atom is 0.337 e. The van der Waals surface area contributed by atoms with E-state index in [1.807, 2.05) is 57.2 Å². The third-order valence-electron chi connectivity index (χ3n) is 7.64. The molecule has 0 saturated heterocycles. The molecule has 2 rings (SSSR count). The molecule has 0 bridgehead atoms. The highest BCUT2D eigenvalue weighted by molar-refractivity contribution is 6.77. The van der Waals surface area contributed by atoms with Gasteiger partial charge in [-0.1, -0.05) is 102 Å². The van der Waals surface area contributed by atoms with Crippen molar-refractivity contribution in [2.24, 2.45) is 0 Å². The number of rotatable bonds is 13. The number of hydrogen-bond donors (Lipinski definition) is 1. The first kappa shape index (κ1) is 32.2. The summed E-state index contributed by atoms with van der Waals surface area (Å²) in [5.41, 5.74) is 2.68. The van der Waals surface area contributed by atoms with Gasteiger partial charge in [0, 0.05) is 12.6 Å². The van der Waals surface area contributed by atoms with Crippen LogP contribution in [-0.4, -0.2) is 48.6 Å². The molecule has 5 nitrogen and oxygen atoms in total. The van der Waals surface area contributed by atoms with E-state index in [0.717, 1.165) is 11.1 Å². The van der Waals surface area contributed by atoms with E-state index in [1.165, 1.54) is 0 Å². The summed E-state index contributed by atoms with van der Waals surface area (Å²) in [7, 11) is -2.26. The summed E-state index contributed by atoms with van der Waals surface area (Å²) in [4.78, 5) is 15.5. The van der Waals surface area contributed by atoms with E-state index in [2.05, 4.69) is 77.6 Å². The number of hydrogen-bond acceptors (Lipinski definition) is 5. The second kappa shape index (κ2) is 13.9. The molecule has 3 atom stereocenters. The molecule has 6 heteroatoms. The molecule has 2 aromatic rings. The minimum Gasteiger partial charge on any atom is -0.458 e. The van der Waals surface area contributed by atoms with Crippen LogP contribution < -0.4 is 0 Å². The predicted octanol–water partition coefficient (Wildman–Crippen LogP) is 7.51. The number of carbonyl (C=O) groups is 1. The number of benzene rings is 2. The fourth-order valence-corrected chi connectivity index (χ4v) is 11.3. The van der Waals surface area contributed by atoms with Crippen LogP contribution in [0.4, 0.5) is 0 Å². The maximum absolute atomic E-state index is 13.3. The maximum atomic E-state index is 13.3. The van der Waals surface area contributed by atoms with Gasteiger partial charge in [-0.2, -0.15) is 0 Å². The van der Waals surface area contributed by atoms with Crippen molar-refractivity contribution < 1.29 is 19.1 Å². The number of esters is 1. The van der Waals surface area contributed by atoms with Crippen LogP contribution in [0, 0.1) is 0 Å². The summed E-state index contributed by atoms with van der Waals surface area (Å²) in [5.74, 6) is -0.615. The molecule has 0 saturated carbocycles. The minimum absolute atomic E-state index is 0.0738. The van der Waals surface area contributed by atoms with Crippen molar-refractivity contribution in [2.45, 2.75) is 116 Å². The SMILES string of the molecule is CC(C)[Si](OC[C@@H]([C@H](O)C(=O)OC(C)(C)C)N(Cc1ccccc1)[C@@H](C)c1ccccc1)(C(C)C)C(C)C. The first-order valence-electron chi connectivity index (χ1n) is 14.1. The van der Waals surface area contributed by atoms with Crippen LogP contribution in [0.2, 0.25) is 16.6 Å². The van der Waals surface area contributed by atoms with Crippen molar-refractivity contribution in [3.63, 3.8) is 0 Å². The van der Waals surface area contributed by atoms with Gasteiger partial charge in [-0.15, -0.1) is 0 Å². The summed E-state index contributed by atoms with van der Waals surface area (Å²) in [6, 6.07) is 19.8. The van der Waals surface area contributed by atoms with Gasteiger partial charge in [0.25, 0.3) is 0 Å². The molecule has 0 radical (unpaired) electrons. The Morgan fingerprint density at radius 3 is 1.76 bits per heavy atom. The lowest BCUT2D eigenvalue weighted by molar-refractivity contribution is -0.170. The average Bonchev–Trinajstić information content (AvgIpc) is 2.84. The smallest absolute Gasteiger partial charge is 0.337 e. The van der Waals surface area contributed by atoms with Crippen molar-refractivity contribution in [3.8, 4) is 0 Å². The number of ether oxygens (including phenoxy) is 1. The van der Waals surface area contributed by atoms with E-state index in [4.69, 9.17) is 9.16 Å². The quantitative estimate of drug-likeness (QED) is 0.210. The minimum atomic E-state index is -2.26. The van der Waals surface area contributed by atoms with Gasteiger partial charge in [0.15, 0.2) is 14.4 Å². The van der Waals surface area contributed by atoms with Crippen LogP contribution in [0.1, 0.15) is 86.4 Å². The second-order valence-electron chi connectivity index (χ2n) is 12.4. The van der Waals surface area contributed by atoms with E-state index in [1.54, 1.807) is 0 Å². The monoisotopic (exact) mass is 541 g/mol. The highest BCUT2D eigenvalue weighted by atomic mass is 28.4. The van der Waals surface area contributed by atoms with Gasteiger partial charge in [-0.3, -0.25) is 4.90 Å². The number of aliphatic hydroxyl groups is 1. The Morgan fingerprint density at radius 1 is 0.842 bits per heavy atom. The summed E-state index contributed by atoms with van der Waals surface area (Å²) >= 11 is 0. The van der Waals surface area contributed by atoms with Gasteiger partial charge in [0.1, 0.15) is 5.60 Å². The van der Waals surface area contributed by atoms with E-state index in [9.17, 15) is 9.90 Å². The summed E-state index contributed by atoms with van der Waals surface area (Å²) in [5, 5.41) is 11.6. The highest BCUT2D eigenvalue weighted by Crippen LogP contribution is 2.43. The average molecular weight is 542 g/mol. The Balaban J connectivity index is 2.59. The fraction of sp³-hybridized carbons (Fsp3) is 0.594. The zero-order valence-electron chi connectivity index (χ0n) is 25.3. The van der Waals surface area contributed by atoms with Crippen molar-refractivity contribution in [3.05, 3.63) is 71.8 Å². The molecule has 0 aromatic heterocycles. The lowest BCUT2D eigenvalue weighted by Crippen LogP contribution is -2.56. The molecule has 212 valence electrons. The molecule has 0 aliphatic carbocycles. The standard InChI is InChI=1S/C32H51NO4Si/c1-23(2)38(24(3)4,25(5)6)36-22-29(30(34)31(35)37-32(8,9)10)33(21-27-17-13-11-14-18-27)26(7)28-19-15-12-16-20-28/h11-20,23-26,29-30,34H,21-22H2,1-10H3/t26-,29-,30-/m0/s1. The molecule has 2 aromatic carbocycles. The number of aliphatic hydroxyl groups excluding tert-OH is 1. The van der Waals surface area contributed by atoms with Gasteiger partial charge in [-0.05, 0) is 55.4 Å². The normalized spacial score (nSPS) is 15.2. The van der Waals surface area contributed by atoms with Crippen LogP contribution in [0.25, 0.3) is 0 Å². The third-order valence-corrected chi connectivity index (χ3v) is 13.7. The van der Waals surface area contributed by atoms with Gasteiger partial charge in [0.2, 0.25) is 0 Å². The second-order valence-corrected chi connectivity index (χ2v) is 17.9. The van der Waals surface area contributed by atoms with E-state index >= 15 is 0 Å². The van der Waals surface area contributed by atoms with E-state index in [-0.39, 0.29) is 12.6 Å². The lowest BCUT2D eigenvalue weighted by atomic mass is 10.0. The molecule has 0 spiro atoms. The predicted molar refractivity (Wildman–Crippen MR) is 159 cm³/mol. The first-order valence-corrected chi connectivity index (χ1v) is 16.2. The van der Waals surface area contributed by atoms with Gasteiger partial charge in [-0.25, -0.2) is 4.79 Å². The molecule has 1 N–H and O–H groups in total. The van der Waals surface area contributed by atoms with Crippen LogP contribution in [0.5, 0.6) is 0 Å². The molecule has 38 heavy (non-hydrogen) atoms. The molecule has 0 unspecified atom stereocenters. The zero-order valence-corrected chi connectivity index (χ0v) is 26.3. The molecular formula is C32H51NO4Si. The van der Waals surface area contributed by atoms with Crippen LogP contribution in [0.3, 0.4) is 0 Å². The highest BCUT2D eigenvalue weighted by Gasteiger charge is 2.47. The Bertz CT molecular complexity index is 950. The Kier molecular flexibility index (Phi) is 11.8. The first-order chi connectivity index (χ1) is 17.7. The van der Waals surface area contributed by atoms with Crippen molar-refractivity contribution in [1.29, 1.82) is 0 Å². The van der Waals surface area contributed by atoms with Crippen LogP contribution >= 0.6 is 0 Å². The zero-order chi connectivity index (χ0) is 28.7. The van der Waals surface area contributed by atoms with Gasteiger partial charge >= 0.3 is 5.97 Å². The third kappa shape index (κ3) is 8.25. The molecule has 0 fully saturated rings. The topological polar surface area (TPSA) is 59.0 Å². The number of nitrogens with zero attached hydrogens (tertiary/aromatic N) is 1. The van der Waals surface area contributed by atoms with Gasteiger partial charge in [0.05, 0.1) is 12.6 Å². The molecule has 0 aliphatic rings. The molecule has 0 heterocycles.